The van der Waals surface area contributed by atoms with Crippen molar-refractivity contribution in [3.8, 4) is 22.3 Å². The highest BCUT2D eigenvalue weighted by Crippen LogP contribution is 2.35. The number of imidazole rings is 1. The molecule has 1 aliphatic rings. The maximum absolute atomic E-state index is 12.7. The largest absolute Gasteiger partial charge is 0.385 e. The number of nitrogens with one attached hydrogen (secondary N) is 3. The molecule has 0 aliphatic heterocycles. The minimum atomic E-state index is 0.0892. The Hall–Kier alpha value is -4.85. The van der Waals surface area contributed by atoms with E-state index in [0.717, 1.165) is 93.9 Å². The van der Waals surface area contributed by atoms with E-state index in [1.807, 2.05) is 43.7 Å². The van der Waals surface area contributed by atoms with Gasteiger partial charge in [0.1, 0.15) is 5.82 Å². The topological polar surface area (TPSA) is 108 Å². The van der Waals surface area contributed by atoms with Crippen LogP contribution in [-0.2, 0) is 4.79 Å². The molecule has 1 amide bonds. The quantitative estimate of drug-likeness (QED) is 0.193. The third-order valence-corrected chi connectivity index (χ3v) is 7.67. The van der Waals surface area contributed by atoms with Crippen LogP contribution >= 0.6 is 0 Å². The SMILES string of the molecule is CC=C(c1nc2c(-c3ccncc3)cncc2[nH]1)c1cc(-c2cncc(NC(=O)C3CCCC3)c2)ccc1NCC. The summed E-state index contributed by atoms with van der Waals surface area (Å²) in [5, 5.41) is 6.59. The first-order valence-electron chi connectivity index (χ1n) is 14.2. The molecule has 3 N–H and O–H groups in total. The summed E-state index contributed by atoms with van der Waals surface area (Å²) in [4.78, 5) is 34.3. The highest BCUT2D eigenvalue weighted by molar-refractivity contribution is 5.95. The molecule has 1 aromatic carbocycles. The van der Waals surface area contributed by atoms with Gasteiger partial charge in [-0.15, -0.1) is 0 Å². The summed E-state index contributed by atoms with van der Waals surface area (Å²) in [7, 11) is 0. The minimum absolute atomic E-state index is 0.0892. The summed E-state index contributed by atoms with van der Waals surface area (Å²) in [6.45, 7) is 4.89. The van der Waals surface area contributed by atoms with Gasteiger partial charge in [-0.2, -0.15) is 0 Å². The number of anilines is 2. The van der Waals surface area contributed by atoms with Crippen molar-refractivity contribution in [1.82, 2.24) is 24.9 Å². The third kappa shape index (κ3) is 5.45. The Labute approximate surface area is 239 Å². The van der Waals surface area contributed by atoms with Crippen LogP contribution in [0, 0.1) is 5.92 Å². The molecule has 0 spiro atoms. The van der Waals surface area contributed by atoms with Gasteiger partial charge < -0.3 is 15.6 Å². The zero-order valence-corrected chi connectivity index (χ0v) is 23.3. The molecule has 8 heteroatoms. The van der Waals surface area contributed by atoms with Crippen molar-refractivity contribution in [3.63, 3.8) is 0 Å². The molecule has 0 unspecified atom stereocenters. The molecule has 8 nitrogen and oxygen atoms in total. The molecule has 0 radical (unpaired) electrons. The second kappa shape index (κ2) is 11.7. The van der Waals surface area contributed by atoms with Gasteiger partial charge in [0.05, 0.1) is 29.1 Å². The molecule has 0 atom stereocenters. The van der Waals surface area contributed by atoms with Crippen molar-refractivity contribution >= 4 is 33.9 Å². The molecule has 4 heterocycles. The number of allylic oxidation sites excluding steroid dienone is 1. The van der Waals surface area contributed by atoms with E-state index in [-0.39, 0.29) is 11.8 Å². The van der Waals surface area contributed by atoms with Crippen LogP contribution in [-0.4, -0.2) is 37.4 Å². The molecule has 4 aromatic heterocycles. The van der Waals surface area contributed by atoms with Crippen LogP contribution in [0.1, 0.15) is 50.9 Å². The molecule has 0 saturated heterocycles. The lowest BCUT2D eigenvalue weighted by Crippen LogP contribution is -2.20. The maximum Gasteiger partial charge on any atom is 0.227 e. The number of carbonyl (C=O) groups is 1. The van der Waals surface area contributed by atoms with Gasteiger partial charge in [-0.1, -0.05) is 25.0 Å². The highest BCUT2D eigenvalue weighted by Gasteiger charge is 2.23. The van der Waals surface area contributed by atoms with Crippen LogP contribution in [0.2, 0.25) is 0 Å². The van der Waals surface area contributed by atoms with Gasteiger partial charge in [-0.3, -0.25) is 19.7 Å². The number of benzene rings is 1. The lowest BCUT2D eigenvalue weighted by molar-refractivity contribution is -0.119. The Morgan fingerprint density at radius 2 is 1.76 bits per heavy atom. The van der Waals surface area contributed by atoms with E-state index in [0.29, 0.717) is 0 Å². The molecule has 1 fully saturated rings. The van der Waals surface area contributed by atoms with E-state index in [1.54, 1.807) is 18.6 Å². The van der Waals surface area contributed by atoms with Gasteiger partial charge in [0.2, 0.25) is 5.91 Å². The summed E-state index contributed by atoms with van der Waals surface area (Å²) in [6.07, 6.45) is 17.0. The van der Waals surface area contributed by atoms with Crippen molar-refractivity contribution in [1.29, 1.82) is 0 Å². The van der Waals surface area contributed by atoms with E-state index >= 15 is 0 Å². The summed E-state index contributed by atoms with van der Waals surface area (Å²) in [6, 6.07) is 12.3. The van der Waals surface area contributed by atoms with Crippen molar-refractivity contribution in [2.45, 2.75) is 39.5 Å². The van der Waals surface area contributed by atoms with Crippen LogP contribution in [0.15, 0.2) is 79.7 Å². The number of aromatic nitrogens is 5. The average Bonchev–Trinajstić information content (AvgIpc) is 3.70. The number of nitrogens with zero attached hydrogens (tertiary/aromatic N) is 4. The maximum atomic E-state index is 12.7. The second-order valence-electron chi connectivity index (χ2n) is 10.3. The van der Waals surface area contributed by atoms with Gasteiger partial charge in [0.25, 0.3) is 0 Å². The molecule has 41 heavy (non-hydrogen) atoms. The number of H-pyrrole nitrogens is 1. The van der Waals surface area contributed by atoms with Gasteiger partial charge >= 0.3 is 0 Å². The van der Waals surface area contributed by atoms with Gasteiger partial charge in [0.15, 0.2) is 0 Å². The smallest absolute Gasteiger partial charge is 0.227 e. The molecular weight excluding hydrogens is 510 g/mol. The van der Waals surface area contributed by atoms with Crippen molar-refractivity contribution in [2.24, 2.45) is 5.92 Å². The van der Waals surface area contributed by atoms with Gasteiger partial charge in [-0.05, 0) is 68.1 Å². The molecule has 0 bridgehead atoms. The van der Waals surface area contributed by atoms with E-state index in [4.69, 9.17) is 4.98 Å². The number of rotatable bonds is 8. The summed E-state index contributed by atoms with van der Waals surface area (Å²) in [5.41, 5.74) is 9.34. The molecule has 206 valence electrons. The predicted octanol–water partition coefficient (Wildman–Crippen LogP) is 7.09. The van der Waals surface area contributed by atoms with E-state index in [2.05, 4.69) is 61.8 Å². The van der Waals surface area contributed by atoms with Crippen molar-refractivity contribution in [2.75, 3.05) is 17.2 Å². The second-order valence-corrected chi connectivity index (χ2v) is 10.3. The van der Waals surface area contributed by atoms with Crippen LogP contribution in [0.3, 0.4) is 0 Å². The number of hydrogen-bond donors (Lipinski definition) is 3. The fraction of sp³-hybridized carbons (Fsp3) is 0.242. The number of fused-ring (bicyclic) bond motifs is 1. The van der Waals surface area contributed by atoms with Crippen LogP contribution in [0.5, 0.6) is 0 Å². The first-order chi connectivity index (χ1) is 20.1. The van der Waals surface area contributed by atoms with E-state index < -0.39 is 0 Å². The molecule has 6 rings (SSSR count). The Morgan fingerprint density at radius 1 is 0.951 bits per heavy atom. The zero-order chi connectivity index (χ0) is 28.2. The van der Waals surface area contributed by atoms with Gasteiger partial charge in [0, 0.05) is 65.2 Å². The Kier molecular flexibility index (Phi) is 7.54. The van der Waals surface area contributed by atoms with Gasteiger partial charge in [-0.25, -0.2) is 4.98 Å². The number of pyridine rings is 3. The normalized spacial score (nSPS) is 14.0. The van der Waals surface area contributed by atoms with Crippen LogP contribution in [0.25, 0.3) is 38.9 Å². The first kappa shape index (κ1) is 26.4. The molecule has 5 aromatic rings. The van der Waals surface area contributed by atoms with E-state index in [9.17, 15) is 4.79 Å². The number of hydrogen-bond acceptors (Lipinski definition) is 6. The standard InChI is InChI=1S/C33H33N7O/c1-3-26(32-39-30-20-36-19-28(31(30)40-32)21-11-13-34-14-12-21)27-16-23(9-10-29(27)37-4-2)24-15-25(18-35-17-24)38-33(41)22-7-5-6-8-22/h3,9-20,22,37H,4-8H2,1-2H3,(H,38,41)(H,39,40). The fourth-order valence-electron chi connectivity index (χ4n) is 5.61. The minimum Gasteiger partial charge on any atom is -0.385 e. The zero-order valence-electron chi connectivity index (χ0n) is 23.3. The monoisotopic (exact) mass is 543 g/mol. The predicted molar refractivity (Wildman–Crippen MR) is 164 cm³/mol. The summed E-state index contributed by atoms with van der Waals surface area (Å²) >= 11 is 0. The Bertz CT molecular complexity index is 1720. The number of aromatic amines is 1. The summed E-state index contributed by atoms with van der Waals surface area (Å²) in [5.74, 6) is 0.948. The highest BCUT2D eigenvalue weighted by atomic mass is 16.1. The lowest BCUT2D eigenvalue weighted by atomic mass is 9.97. The first-order valence-corrected chi connectivity index (χ1v) is 14.2. The molecule has 1 aliphatic carbocycles. The Morgan fingerprint density at radius 3 is 2.54 bits per heavy atom. The lowest BCUT2D eigenvalue weighted by Gasteiger charge is -2.15. The molecule has 1 saturated carbocycles. The van der Waals surface area contributed by atoms with E-state index in [1.165, 1.54) is 0 Å². The van der Waals surface area contributed by atoms with Crippen molar-refractivity contribution < 1.29 is 4.79 Å². The average molecular weight is 544 g/mol. The Balaban J connectivity index is 1.37. The number of carbonyl (C=O) groups excluding carboxylic acids is 1. The fourth-order valence-corrected chi connectivity index (χ4v) is 5.61. The molecular formula is C33H33N7O. The van der Waals surface area contributed by atoms with Crippen LogP contribution < -0.4 is 10.6 Å². The summed E-state index contributed by atoms with van der Waals surface area (Å²) < 4.78 is 0. The van der Waals surface area contributed by atoms with Crippen molar-refractivity contribution in [3.05, 3.63) is 91.0 Å². The number of amides is 1. The third-order valence-electron chi connectivity index (χ3n) is 7.67. The van der Waals surface area contributed by atoms with Crippen LogP contribution in [0.4, 0.5) is 11.4 Å².